The van der Waals surface area contributed by atoms with Gasteiger partial charge in [-0.3, -0.25) is 4.79 Å². The van der Waals surface area contributed by atoms with Crippen molar-refractivity contribution in [3.8, 4) is 0 Å². The number of nitrogens with zero attached hydrogens (tertiary/aromatic N) is 3. The number of aromatic nitrogens is 2. The molecule has 0 atom stereocenters. The van der Waals surface area contributed by atoms with Gasteiger partial charge in [0.15, 0.2) is 5.58 Å². The van der Waals surface area contributed by atoms with E-state index in [-0.39, 0.29) is 11.7 Å². The summed E-state index contributed by atoms with van der Waals surface area (Å²) in [6.07, 6.45) is 3.74. The molecule has 0 saturated heterocycles. The Morgan fingerprint density at radius 1 is 1.03 bits per heavy atom. The van der Waals surface area contributed by atoms with Gasteiger partial charge in [-0.05, 0) is 23.8 Å². The van der Waals surface area contributed by atoms with Crippen LogP contribution in [0.5, 0.6) is 0 Å². The van der Waals surface area contributed by atoms with Gasteiger partial charge in [0.25, 0.3) is 11.1 Å². The molecule has 0 radical (unpaired) electrons. The summed E-state index contributed by atoms with van der Waals surface area (Å²) < 4.78 is 7.81. The Hall–Kier alpha value is -3.84. The van der Waals surface area contributed by atoms with E-state index in [1.807, 2.05) is 54.6 Å². The van der Waals surface area contributed by atoms with Crippen molar-refractivity contribution in [2.45, 2.75) is 11.8 Å². The average Bonchev–Trinajstić information content (AvgIpc) is 3.40. The van der Waals surface area contributed by atoms with Crippen LogP contribution in [0.3, 0.4) is 0 Å². The van der Waals surface area contributed by atoms with Gasteiger partial charge in [0, 0.05) is 29.2 Å². The van der Waals surface area contributed by atoms with Gasteiger partial charge in [0.05, 0.1) is 12.0 Å². The zero-order valence-electron chi connectivity index (χ0n) is 17.1. The Morgan fingerprint density at radius 3 is 2.69 bits per heavy atom. The molecule has 5 rings (SSSR count). The Bertz CT molecular complexity index is 1370. The molecule has 1 amide bonds. The zero-order chi connectivity index (χ0) is 21.8. The molecule has 158 valence electrons. The number of oxazole rings is 1. The lowest BCUT2D eigenvalue weighted by atomic mass is 10.2. The largest absolute Gasteiger partial charge is 0.431 e. The summed E-state index contributed by atoms with van der Waals surface area (Å²) in [7, 11) is 0. The van der Waals surface area contributed by atoms with Crippen molar-refractivity contribution in [1.82, 2.24) is 15.0 Å². The molecule has 0 spiro atoms. The second kappa shape index (κ2) is 9.11. The molecule has 3 aromatic carbocycles. The van der Waals surface area contributed by atoms with Crippen LogP contribution in [0, 0.1) is 0 Å². The van der Waals surface area contributed by atoms with Crippen LogP contribution in [0.2, 0.25) is 0 Å². The van der Waals surface area contributed by atoms with Gasteiger partial charge in [-0.2, -0.15) is 5.10 Å². The van der Waals surface area contributed by atoms with E-state index < -0.39 is 0 Å². The van der Waals surface area contributed by atoms with Crippen LogP contribution in [0.25, 0.3) is 22.0 Å². The second-order valence-electron chi connectivity index (χ2n) is 7.24. The predicted molar refractivity (Wildman–Crippen MR) is 128 cm³/mol. The number of hydrazone groups is 1. The van der Waals surface area contributed by atoms with Gasteiger partial charge in [0.1, 0.15) is 5.52 Å². The van der Waals surface area contributed by atoms with E-state index in [1.165, 1.54) is 17.3 Å². The van der Waals surface area contributed by atoms with Gasteiger partial charge in [0.2, 0.25) is 0 Å². The van der Waals surface area contributed by atoms with Crippen LogP contribution in [-0.4, -0.2) is 27.4 Å². The number of fused-ring (bicyclic) bond motifs is 2. The number of benzene rings is 3. The minimum absolute atomic E-state index is 0.167. The molecule has 1 N–H and O–H groups in total. The first-order valence-corrected chi connectivity index (χ1v) is 11.2. The summed E-state index contributed by atoms with van der Waals surface area (Å²) in [5.74, 6) is -0.0542. The summed E-state index contributed by atoms with van der Waals surface area (Å²) in [4.78, 5) is 16.6. The van der Waals surface area contributed by atoms with Gasteiger partial charge in [-0.15, -0.1) is 0 Å². The van der Waals surface area contributed by atoms with E-state index in [4.69, 9.17) is 4.42 Å². The molecule has 0 aliphatic carbocycles. The van der Waals surface area contributed by atoms with Gasteiger partial charge < -0.3 is 8.98 Å². The predicted octanol–water partition coefficient (Wildman–Crippen LogP) is 5.07. The average molecular weight is 441 g/mol. The van der Waals surface area contributed by atoms with Crippen LogP contribution < -0.4 is 5.43 Å². The molecular weight excluding hydrogens is 420 g/mol. The summed E-state index contributed by atoms with van der Waals surface area (Å²) >= 11 is 1.24. The van der Waals surface area contributed by atoms with Gasteiger partial charge in [-0.25, -0.2) is 10.4 Å². The molecule has 5 aromatic rings. The fourth-order valence-corrected chi connectivity index (χ4v) is 4.17. The Balaban J connectivity index is 1.24. The lowest BCUT2D eigenvalue weighted by Crippen LogP contribution is -2.19. The zero-order valence-corrected chi connectivity index (χ0v) is 18.0. The quantitative estimate of drug-likeness (QED) is 0.218. The number of rotatable bonds is 7. The first-order valence-electron chi connectivity index (χ1n) is 10.2. The molecule has 0 bridgehead atoms. The number of para-hydroxylation sites is 3. The highest BCUT2D eigenvalue weighted by Crippen LogP contribution is 2.23. The van der Waals surface area contributed by atoms with Crippen LogP contribution in [-0.2, 0) is 11.3 Å². The first kappa shape index (κ1) is 20.1. The van der Waals surface area contributed by atoms with Crippen LogP contribution in [0.4, 0.5) is 0 Å². The first-order chi connectivity index (χ1) is 15.8. The molecule has 2 heterocycles. The van der Waals surface area contributed by atoms with Crippen LogP contribution >= 0.6 is 11.8 Å². The van der Waals surface area contributed by atoms with E-state index in [9.17, 15) is 4.79 Å². The third-order valence-corrected chi connectivity index (χ3v) is 5.84. The molecule has 7 heteroatoms. The van der Waals surface area contributed by atoms with Crippen molar-refractivity contribution < 1.29 is 9.21 Å². The summed E-state index contributed by atoms with van der Waals surface area (Å²) in [5.41, 5.74) is 7.37. The number of nitrogens with one attached hydrogen (secondary N) is 1. The lowest BCUT2D eigenvalue weighted by Gasteiger charge is -2.05. The molecule has 0 unspecified atom stereocenters. The van der Waals surface area contributed by atoms with Crippen LogP contribution in [0.1, 0.15) is 11.1 Å². The molecule has 0 aliphatic heterocycles. The maximum absolute atomic E-state index is 12.2. The highest BCUT2D eigenvalue weighted by atomic mass is 32.2. The fourth-order valence-electron chi connectivity index (χ4n) is 3.54. The number of hydrogen-bond donors (Lipinski definition) is 1. The standard InChI is InChI=1S/C25H20N4O2S/c30-24(17-32-25-27-21-11-5-7-13-23(21)31-25)28-26-14-19-16-29(15-18-8-2-1-3-9-18)22-12-6-4-10-20(19)22/h1-14,16H,15,17H2,(H,28,30)/b26-14-. The van der Waals surface area contributed by atoms with Crippen molar-refractivity contribution in [3.63, 3.8) is 0 Å². The molecule has 2 aromatic heterocycles. The molecule has 0 fully saturated rings. The normalized spacial score (nSPS) is 11.5. The molecule has 0 aliphatic rings. The van der Waals surface area contributed by atoms with Gasteiger partial charge in [-0.1, -0.05) is 72.4 Å². The van der Waals surface area contributed by atoms with E-state index in [2.05, 4.69) is 50.5 Å². The minimum Gasteiger partial charge on any atom is -0.431 e. The smallest absolute Gasteiger partial charge is 0.257 e. The van der Waals surface area contributed by atoms with Crippen molar-refractivity contribution in [2.75, 3.05) is 5.75 Å². The summed E-state index contributed by atoms with van der Waals surface area (Å²) in [6.45, 7) is 0.767. The number of hydrogen-bond acceptors (Lipinski definition) is 5. The topological polar surface area (TPSA) is 72.4 Å². The molecule has 6 nitrogen and oxygen atoms in total. The monoisotopic (exact) mass is 440 g/mol. The summed E-state index contributed by atoms with van der Waals surface area (Å²) in [6, 6.07) is 26.0. The lowest BCUT2D eigenvalue weighted by molar-refractivity contribution is -0.118. The minimum atomic E-state index is -0.221. The number of carbonyl (C=O) groups is 1. The van der Waals surface area contributed by atoms with Crippen LogP contribution in [0.15, 0.2) is 99.8 Å². The number of thioether (sulfide) groups is 1. The third kappa shape index (κ3) is 4.43. The highest BCUT2D eigenvalue weighted by molar-refractivity contribution is 7.99. The van der Waals surface area contributed by atoms with Crippen molar-refractivity contribution in [3.05, 3.63) is 96.2 Å². The Morgan fingerprint density at radius 2 is 1.81 bits per heavy atom. The van der Waals surface area contributed by atoms with E-state index >= 15 is 0 Å². The number of carbonyl (C=O) groups excluding carboxylic acids is 1. The Kier molecular flexibility index (Phi) is 5.72. The molecule has 32 heavy (non-hydrogen) atoms. The Labute approximate surface area is 189 Å². The van der Waals surface area contributed by atoms with Gasteiger partial charge >= 0.3 is 0 Å². The van der Waals surface area contributed by atoms with E-state index in [1.54, 1.807) is 6.21 Å². The highest BCUT2D eigenvalue weighted by Gasteiger charge is 2.10. The number of amides is 1. The van der Waals surface area contributed by atoms with E-state index in [0.717, 1.165) is 28.5 Å². The fraction of sp³-hybridized carbons (Fsp3) is 0.0800. The second-order valence-corrected chi connectivity index (χ2v) is 8.17. The molecular formula is C25H20N4O2S. The van der Waals surface area contributed by atoms with Crippen molar-refractivity contribution in [2.24, 2.45) is 5.10 Å². The van der Waals surface area contributed by atoms with Crippen molar-refractivity contribution in [1.29, 1.82) is 0 Å². The van der Waals surface area contributed by atoms with Crippen molar-refractivity contribution >= 4 is 45.9 Å². The summed E-state index contributed by atoms with van der Waals surface area (Å²) in [5, 5.41) is 5.72. The maximum atomic E-state index is 12.2. The van der Waals surface area contributed by atoms with E-state index in [0.29, 0.717) is 10.8 Å². The SMILES string of the molecule is O=C(CSc1nc2ccccc2o1)N/N=C\c1cn(Cc2ccccc2)c2ccccc12. The third-order valence-electron chi connectivity index (χ3n) is 5.01. The molecule has 0 saturated carbocycles. The maximum Gasteiger partial charge on any atom is 0.257 e.